The number of benzene rings is 2. The van der Waals surface area contributed by atoms with Crippen LogP contribution in [-0.2, 0) is 0 Å². The molecule has 22 heavy (non-hydrogen) atoms. The number of carboxylic acids is 1. The highest BCUT2D eigenvalue weighted by Gasteiger charge is 2.20. The first-order valence-electron chi connectivity index (χ1n) is 6.70. The van der Waals surface area contributed by atoms with Crippen LogP contribution in [-0.4, -0.2) is 36.5 Å². The molecule has 0 bridgehead atoms. The molecule has 0 unspecified atom stereocenters. The molecule has 118 valence electrons. The third-order valence-corrected chi connectivity index (χ3v) is 3.13. The van der Waals surface area contributed by atoms with Crippen molar-refractivity contribution in [3.63, 3.8) is 0 Å². The number of hydrogen-bond acceptors (Lipinski definition) is 5. The molecular weight excluding hydrogens is 288 g/mol. The molecule has 0 aliphatic carbocycles. The molecule has 0 fully saturated rings. The Balaban J connectivity index is 2.81. The molecule has 0 atom stereocenters. The quantitative estimate of drug-likeness (QED) is 0.883. The second-order valence-electron chi connectivity index (χ2n) is 5.00. The van der Waals surface area contributed by atoms with Crippen molar-refractivity contribution >= 4 is 16.7 Å². The standard InChI is InChI=1S/C16H18O6/c1-8(2)22-13-6-9-5-12(17)11(16(18)19)7-10(9)14(20-3)15(13)21-4/h5-8,17H,1-4H3,(H,18,19). The predicted octanol–water partition coefficient (Wildman–Crippen LogP) is 3.05. The summed E-state index contributed by atoms with van der Waals surface area (Å²) in [4.78, 5) is 11.2. The smallest absolute Gasteiger partial charge is 0.339 e. The lowest BCUT2D eigenvalue weighted by Gasteiger charge is -2.18. The fraction of sp³-hybridized carbons (Fsp3) is 0.312. The molecule has 0 heterocycles. The lowest BCUT2D eigenvalue weighted by Crippen LogP contribution is -2.07. The summed E-state index contributed by atoms with van der Waals surface area (Å²) in [6.45, 7) is 3.75. The molecule has 0 amide bonds. The van der Waals surface area contributed by atoms with Crippen LogP contribution in [0.5, 0.6) is 23.0 Å². The fourth-order valence-electron chi connectivity index (χ4n) is 2.27. The Hall–Kier alpha value is -2.63. The van der Waals surface area contributed by atoms with E-state index in [1.54, 1.807) is 6.07 Å². The number of aromatic hydroxyl groups is 1. The Kier molecular flexibility index (Phi) is 4.30. The Labute approximate surface area is 127 Å². The largest absolute Gasteiger partial charge is 0.507 e. The average Bonchev–Trinajstić information content (AvgIpc) is 2.44. The Bertz CT molecular complexity index is 720. The minimum atomic E-state index is -1.22. The number of fused-ring (bicyclic) bond motifs is 1. The molecule has 6 heteroatoms. The maximum atomic E-state index is 11.2. The second kappa shape index (κ2) is 6.01. The van der Waals surface area contributed by atoms with E-state index >= 15 is 0 Å². The molecule has 0 saturated carbocycles. The van der Waals surface area contributed by atoms with Crippen LogP contribution < -0.4 is 14.2 Å². The molecule has 0 aliphatic rings. The third kappa shape index (κ3) is 2.72. The van der Waals surface area contributed by atoms with Gasteiger partial charge in [-0.05, 0) is 37.4 Å². The van der Waals surface area contributed by atoms with Crippen LogP contribution in [0.25, 0.3) is 10.8 Å². The van der Waals surface area contributed by atoms with Gasteiger partial charge in [-0.2, -0.15) is 0 Å². The third-order valence-electron chi connectivity index (χ3n) is 3.13. The number of hydrogen-bond donors (Lipinski definition) is 2. The summed E-state index contributed by atoms with van der Waals surface area (Å²) in [5.74, 6) is -0.334. The van der Waals surface area contributed by atoms with Gasteiger partial charge in [0.05, 0.1) is 20.3 Å². The highest BCUT2D eigenvalue weighted by Crippen LogP contribution is 2.45. The maximum absolute atomic E-state index is 11.2. The normalized spacial score (nSPS) is 10.8. The van der Waals surface area contributed by atoms with Gasteiger partial charge in [0.1, 0.15) is 11.3 Å². The first kappa shape index (κ1) is 15.8. The van der Waals surface area contributed by atoms with E-state index in [0.717, 1.165) is 0 Å². The molecular formula is C16H18O6. The van der Waals surface area contributed by atoms with Crippen LogP contribution in [0.2, 0.25) is 0 Å². The highest BCUT2D eigenvalue weighted by molar-refractivity contribution is 6.01. The number of carbonyl (C=O) groups is 1. The predicted molar refractivity (Wildman–Crippen MR) is 81.4 cm³/mol. The van der Waals surface area contributed by atoms with Crippen molar-refractivity contribution in [1.82, 2.24) is 0 Å². The first-order valence-corrected chi connectivity index (χ1v) is 6.70. The maximum Gasteiger partial charge on any atom is 0.339 e. The summed E-state index contributed by atoms with van der Waals surface area (Å²) in [6.07, 6.45) is -0.0806. The Morgan fingerprint density at radius 3 is 2.23 bits per heavy atom. The number of phenols is 1. The second-order valence-corrected chi connectivity index (χ2v) is 5.00. The SMILES string of the molecule is COc1c(OC(C)C)cc2cc(O)c(C(=O)O)cc2c1OC. The van der Waals surface area contributed by atoms with Gasteiger partial charge >= 0.3 is 5.97 Å². The lowest BCUT2D eigenvalue weighted by atomic mass is 10.0. The van der Waals surface area contributed by atoms with Gasteiger partial charge < -0.3 is 24.4 Å². The van der Waals surface area contributed by atoms with Crippen LogP contribution in [0.3, 0.4) is 0 Å². The van der Waals surface area contributed by atoms with E-state index in [1.807, 2.05) is 13.8 Å². The highest BCUT2D eigenvalue weighted by atomic mass is 16.5. The zero-order chi connectivity index (χ0) is 16.4. The average molecular weight is 306 g/mol. The molecule has 2 N–H and O–H groups in total. The molecule has 0 saturated heterocycles. The summed E-state index contributed by atoms with van der Waals surface area (Å²) < 4.78 is 16.4. The van der Waals surface area contributed by atoms with Crippen molar-refractivity contribution in [1.29, 1.82) is 0 Å². The van der Waals surface area contributed by atoms with Crippen molar-refractivity contribution in [3.05, 3.63) is 23.8 Å². The molecule has 0 aromatic heterocycles. The Morgan fingerprint density at radius 1 is 1.09 bits per heavy atom. The molecule has 6 nitrogen and oxygen atoms in total. The zero-order valence-corrected chi connectivity index (χ0v) is 12.8. The van der Waals surface area contributed by atoms with Gasteiger partial charge in [-0.15, -0.1) is 0 Å². The van der Waals surface area contributed by atoms with Crippen LogP contribution in [0.4, 0.5) is 0 Å². The Morgan fingerprint density at radius 2 is 1.73 bits per heavy atom. The minimum absolute atomic E-state index is 0.0806. The van der Waals surface area contributed by atoms with E-state index in [4.69, 9.17) is 19.3 Å². The van der Waals surface area contributed by atoms with E-state index in [2.05, 4.69) is 0 Å². The van der Waals surface area contributed by atoms with Gasteiger partial charge in [-0.1, -0.05) is 0 Å². The van der Waals surface area contributed by atoms with E-state index in [1.165, 1.54) is 26.4 Å². The zero-order valence-electron chi connectivity index (χ0n) is 12.8. The number of carboxylic acid groups (broad SMARTS) is 1. The van der Waals surface area contributed by atoms with Crippen molar-refractivity contribution in [3.8, 4) is 23.0 Å². The number of aromatic carboxylic acids is 1. The lowest BCUT2D eigenvalue weighted by molar-refractivity contribution is 0.0694. The summed E-state index contributed by atoms with van der Waals surface area (Å²) in [6, 6.07) is 4.41. The van der Waals surface area contributed by atoms with E-state index < -0.39 is 5.97 Å². The van der Waals surface area contributed by atoms with Gasteiger partial charge in [0, 0.05) is 5.39 Å². The molecule has 0 aliphatic heterocycles. The topological polar surface area (TPSA) is 85.2 Å². The summed E-state index contributed by atoms with van der Waals surface area (Å²) in [7, 11) is 2.94. The summed E-state index contributed by atoms with van der Waals surface area (Å²) in [5.41, 5.74) is -0.203. The van der Waals surface area contributed by atoms with Crippen molar-refractivity contribution in [2.24, 2.45) is 0 Å². The summed E-state index contributed by atoms with van der Waals surface area (Å²) >= 11 is 0. The molecule has 0 radical (unpaired) electrons. The first-order chi connectivity index (χ1) is 10.4. The monoisotopic (exact) mass is 306 g/mol. The van der Waals surface area contributed by atoms with Crippen molar-refractivity contribution in [2.45, 2.75) is 20.0 Å². The van der Waals surface area contributed by atoms with Crippen LogP contribution in [0.1, 0.15) is 24.2 Å². The van der Waals surface area contributed by atoms with Crippen LogP contribution >= 0.6 is 0 Å². The summed E-state index contributed by atoms with van der Waals surface area (Å²) in [5, 5.41) is 20.1. The molecule has 2 aromatic rings. The number of ether oxygens (including phenoxy) is 3. The molecule has 2 rings (SSSR count). The van der Waals surface area contributed by atoms with Gasteiger partial charge in [0.15, 0.2) is 11.5 Å². The van der Waals surface area contributed by atoms with Crippen LogP contribution in [0, 0.1) is 0 Å². The molecule has 0 spiro atoms. The van der Waals surface area contributed by atoms with E-state index in [-0.39, 0.29) is 17.4 Å². The number of rotatable bonds is 5. The van der Waals surface area contributed by atoms with Crippen molar-refractivity contribution < 1.29 is 29.2 Å². The van der Waals surface area contributed by atoms with E-state index in [0.29, 0.717) is 28.0 Å². The van der Waals surface area contributed by atoms with Gasteiger partial charge in [0.2, 0.25) is 5.75 Å². The minimum Gasteiger partial charge on any atom is -0.507 e. The number of methoxy groups -OCH3 is 2. The molecule has 2 aromatic carbocycles. The van der Waals surface area contributed by atoms with E-state index in [9.17, 15) is 9.90 Å². The van der Waals surface area contributed by atoms with Crippen LogP contribution in [0.15, 0.2) is 18.2 Å². The van der Waals surface area contributed by atoms with Crippen molar-refractivity contribution in [2.75, 3.05) is 14.2 Å². The van der Waals surface area contributed by atoms with Gasteiger partial charge in [-0.3, -0.25) is 0 Å². The fourth-order valence-corrected chi connectivity index (χ4v) is 2.27. The van der Waals surface area contributed by atoms with Gasteiger partial charge in [0.25, 0.3) is 0 Å². The van der Waals surface area contributed by atoms with Gasteiger partial charge in [-0.25, -0.2) is 4.79 Å².